The van der Waals surface area contributed by atoms with Gasteiger partial charge in [0, 0.05) is 17.3 Å². The number of carbonyl (C=O) groups is 1. The van der Waals surface area contributed by atoms with Gasteiger partial charge >= 0.3 is 6.09 Å². The van der Waals surface area contributed by atoms with E-state index in [9.17, 15) is 13.2 Å². The van der Waals surface area contributed by atoms with Crippen LogP contribution in [0.4, 0.5) is 10.6 Å². The number of anilines is 1. The molecule has 0 saturated carbocycles. The minimum absolute atomic E-state index is 0.0104. The van der Waals surface area contributed by atoms with Crippen LogP contribution in [0.15, 0.2) is 64.5 Å². The van der Waals surface area contributed by atoms with E-state index in [4.69, 9.17) is 13.9 Å². The second-order valence-corrected chi connectivity index (χ2v) is 10.0. The van der Waals surface area contributed by atoms with Gasteiger partial charge in [-0.1, -0.05) is 26.0 Å². The second-order valence-electron chi connectivity index (χ2n) is 8.26. The van der Waals surface area contributed by atoms with E-state index in [0.717, 1.165) is 0 Å². The summed E-state index contributed by atoms with van der Waals surface area (Å²) in [6, 6.07) is 9.51. The Morgan fingerprint density at radius 2 is 1.84 bits per heavy atom. The predicted molar refractivity (Wildman–Crippen MR) is 132 cm³/mol. The molecular formula is C24H24N6O6S. The first kappa shape index (κ1) is 25.7. The monoisotopic (exact) mass is 524 g/mol. The molecule has 1 aromatic carbocycles. The average molecular weight is 525 g/mol. The van der Waals surface area contributed by atoms with E-state index in [2.05, 4.69) is 25.1 Å². The third-order valence-corrected chi connectivity index (χ3v) is 6.68. The SMILES string of the molecule is COc1nc(C)cnc1N(C(=O)OCC(C)C)S(=O)(=O)c1cccnc1-c1ccc(-c2nnco2)cc1. The largest absolute Gasteiger partial charge is 0.478 e. The van der Waals surface area contributed by atoms with Crippen molar-refractivity contribution in [2.24, 2.45) is 5.92 Å². The van der Waals surface area contributed by atoms with Gasteiger partial charge in [0.05, 0.1) is 31.3 Å². The number of pyridine rings is 1. The highest BCUT2D eigenvalue weighted by molar-refractivity contribution is 7.93. The number of benzene rings is 1. The maximum absolute atomic E-state index is 14.0. The molecule has 0 unspecified atom stereocenters. The van der Waals surface area contributed by atoms with E-state index in [1.165, 1.54) is 38.0 Å². The fourth-order valence-corrected chi connectivity index (χ4v) is 4.77. The molecule has 0 aliphatic heterocycles. The maximum atomic E-state index is 14.0. The van der Waals surface area contributed by atoms with E-state index < -0.39 is 16.1 Å². The molecule has 3 heterocycles. The van der Waals surface area contributed by atoms with Crippen molar-refractivity contribution >= 4 is 21.9 Å². The van der Waals surface area contributed by atoms with Gasteiger partial charge in [-0.3, -0.25) is 4.98 Å². The standard InChI is InChI=1S/C24H24N6O6S/c1-15(2)13-35-24(31)30(21-23(34-4)28-16(3)12-26-21)37(32,33)19-6-5-11-25-20(19)17-7-9-18(10-8-17)22-29-27-14-36-22/h5-12,14-15H,13H2,1-4H3. The Kier molecular flexibility index (Phi) is 7.43. The molecule has 4 aromatic rings. The minimum atomic E-state index is -4.61. The number of sulfonamides is 1. The molecule has 0 saturated heterocycles. The van der Waals surface area contributed by atoms with E-state index in [1.807, 2.05) is 13.8 Å². The van der Waals surface area contributed by atoms with Crippen LogP contribution >= 0.6 is 0 Å². The lowest BCUT2D eigenvalue weighted by Gasteiger charge is -2.23. The molecule has 3 aromatic heterocycles. The van der Waals surface area contributed by atoms with Gasteiger partial charge in [0.25, 0.3) is 15.9 Å². The van der Waals surface area contributed by atoms with Crippen LogP contribution in [0, 0.1) is 12.8 Å². The number of nitrogens with zero attached hydrogens (tertiary/aromatic N) is 6. The van der Waals surface area contributed by atoms with Gasteiger partial charge < -0.3 is 13.9 Å². The summed E-state index contributed by atoms with van der Waals surface area (Å²) in [5.74, 6) is -0.210. The molecule has 13 heteroatoms. The predicted octanol–water partition coefficient (Wildman–Crippen LogP) is 3.89. The molecule has 0 fully saturated rings. The molecular weight excluding hydrogens is 500 g/mol. The summed E-state index contributed by atoms with van der Waals surface area (Å²) in [7, 11) is -3.30. The number of hydrogen-bond donors (Lipinski definition) is 0. The Labute approximate surface area is 213 Å². The molecule has 12 nitrogen and oxygen atoms in total. The lowest BCUT2D eigenvalue weighted by atomic mass is 10.1. The number of aryl methyl sites for hydroxylation is 1. The molecule has 4 rings (SSSR count). The number of rotatable bonds is 8. The summed E-state index contributed by atoms with van der Waals surface area (Å²) in [6.07, 6.45) is 2.85. The maximum Gasteiger partial charge on any atom is 0.430 e. The molecule has 192 valence electrons. The number of methoxy groups -OCH3 is 1. The van der Waals surface area contributed by atoms with E-state index in [-0.39, 0.29) is 34.8 Å². The molecule has 1 amide bonds. The number of hydrogen-bond acceptors (Lipinski definition) is 11. The summed E-state index contributed by atoms with van der Waals surface area (Å²) in [6.45, 7) is 5.31. The Hall–Kier alpha value is -4.39. The molecule has 0 N–H and O–H groups in total. The Balaban J connectivity index is 1.83. The van der Waals surface area contributed by atoms with E-state index >= 15 is 0 Å². The normalized spacial score (nSPS) is 11.4. The van der Waals surface area contributed by atoms with Crippen molar-refractivity contribution in [3.05, 3.63) is 60.9 Å². The third kappa shape index (κ3) is 5.40. The van der Waals surface area contributed by atoms with Crippen LogP contribution in [0.3, 0.4) is 0 Å². The summed E-state index contributed by atoms with van der Waals surface area (Å²) in [5, 5.41) is 7.52. The van der Waals surface area contributed by atoms with Crippen molar-refractivity contribution in [1.29, 1.82) is 0 Å². The van der Waals surface area contributed by atoms with Crippen LogP contribution in [0.2, 0.25) is 0 Å². The zero-order chi connectivity index (χ0) is 26.6. The molecule has 0 bridgehead atoms. The van der Waals surface area contributed by atoms with Crippen LogP contribution in [0.1, 0.15) is 19.5 Å². The van der Waals surface area contributed by atoms with Crippen LogP contribution in [0.25, 0.3) is 22.7 Å². The van der Waals surface area contributed by atoms with Crippen molar-refractivity contribution in [2.45, 2.75) is 25.7 Å². The smallest absolute Gasteiger partial charge is 0.430 e. The van der Waals surface area contributed by atoms with E-state index in [1.54, 1.807) is 31.2 Å². The molecule has 37 heavy (non-hydrogen) atoms. The van der Waals surface area contributed by atoms with Crippen LogP contribution in [-0.2, 0) is 14.8 Å². The average Bonchev–Trinajstić information content (AvgIpc) is 3.43. The number of ether oxygens (including phenoxy) is 2. The van der Waals surface area contributed by atoms with Gasteiger partial charge in [-0.05, 0) is 37.1 Å². The highest BCUT2D eigenvalue weighted by atomic mass is 32.2. The number of carbonyl (C=O) groups excluding carboxylic acids is 1. The Bertz CT molecular complexity index is 1490. The Morgan fingerprint density at radius 1 is 1.11 bits per heavy atom. The molecule has 0 atom stereocenters. The lowest BCUT2D eigenvalue weighted by molar-refractivity contribution is 0.143. The zero-order valence-electron chi connectivity index (χ0n) is 20.5. The first-order valence-corrected chi connectivity index (χ1v) is 12.6. The topological polar surface area (TPSA) is 150 Å². The molecule has 0 aliphatic carbocycles. The highest BCUT2D eigenvalue weighted by Crippen LogP contribution is 2.34. The summed E-state index contributed by atoms with van der Waals surface area (Å²) in [5.41, 5.74) is 1.69. The van der Waals surface area contributed by atoms with Crippen molar-refractivity contribution < 1.29 is 27.1 Å². The highest BCUT2D eigenvalue weighted by Gasteiger charge is 2.38. The first-order chi connectivity index (χ1) is 17.7. The van der Waals surface area contributed by atoms with Crippen LogP contribution < -0.4 is 9.04 Å². The lowest BCUT2D eigenvalue weighted by Crippen LogP contribution is -2.39. The van der Waals surface area contributed by atoms with Gasteiger partial charge in [0.2, 0.25) is 18.1 Å². The first-order valence-electron chi connectivity index (χ1n) is 11.1. The van der Waals surface area contributed by atoms with Crippen molar-refractivity contribution in [1.82, 2.24) is 25.1 Å². The number of amides is 1. The summed E-state index contributed by atoms with van der Waals surface area (Å²) < 4.78 is 44.3. The van der Waals surface area contributed by atoms with E-state index in [0.29, 0.717) is 27.0 Å². The zero-order valence-corrected chi connectivity index (χ0v) is 21.3. The van der Waals surface area contributed by atoms with Gasteiger partial charge in [0.1, 0.15) is 4.90 Å². The molecule has 0 spiro atoms. The minimum Gasteiger partial charge on any atom is -0.478 e. The van der Waals surface area contributed by atoms with Crippen molar-refractivity contribution in [3.63, 3.8) is 0 Å². The van der Waals surface area contributed by atoms with Crippen molar-refractivity contribution in [2.75, 3.05) is 18.0 Å². The molecule has 0 aliphatic rings. The summed E-state index contributed by atoms with van der Waals surface area (Å²) >= 11 is 0. The fraction of sp³-hybridized carbons (Fsp3) is 0.250. The fourth-order valence-electron chi connectivity index (χ4n) is 3.30. The van der Waals surface area contributed by atoms with Gasteiger partial charge in [-0.2, -0.15) is 0 Å². The second kappa shape index (κ2) is 10.7. The molecule has 0 radical (unpaired) electrons. The van der Waals surface area contributed by atoms with Crippen LogP contribution in [-0.4, -0.2) is 53.4 Å². The van der Waals surface area contributed by atoms with Gasteiger partial charge in [0.15, 0.2) is 0 Å². The van der Waals surface area contributed by atoms with Gasteiger partial charge in [-0.25, -0.2) is 23.2 Å². The third-order valence-electron chi connectivity index (χ3n) is 4.99. The Morgan fingerprint density at radius 3 is 2.49 bits per heavy atom. The van der Waals surface area contributed by atoms with Crippen LogP contribution in [0.5, 0.6) is 5.88 Å². The van der Waals surface area contributed by atoms with Crippen molar-refractivity contribution in [3.8, 4) is 28.6 Å². The number of aromatic nitrogens is 5. The quantitative estimate of drug-likeness (QED) is 0.330. The summed E-state index contributed by atoms with van der Waals surface area (Å²) in [4.78, 5) is 25.6. The van der Waals surface area contributed by atoms with Gasteiger partial charge in [-0.15, -0.1) is 14.5 Å².